The highest BCUT2D eigenvalue weighted by atomic mass is 32.2. The molecule has 0 bridgehead atoms. The number of fused-ring (bicyclic) bond motifs is 1. The van der Waals surface area contributed by atoms with Gasteiger partial charge in [0, 0.05) is 32.7 Å². The number of ether oxygens (including phenoxy) is 1. The van der Waals surface area contributed by atoms with Crippen molar-refractivity contribution in [3.63, 3.8) is 0 Å². The number of amides is 1. The van der Waals surface area contributed by atoms with Gasteiger partial charge in [-0.1, -0.05) is 24.3 Å². The van der Waals surface area contributed by atoms with E-state index in [1.165, 1.54) is 5.56 Å². The third-order valence-electron chi connectivity index (χ3n) is 5.76. The van der Waals surface area contributed by atoms with Crippen LogP contribution in [0.1, 0.15) is 30.0 Å². The summed E-state index contributed by atoms with van der Waals surface area (Å²) in [5, 5.41) is 0.148. The normalized spacial score (nSPS) is 16.3. The SMILES string of the molecule is COc1ccc(CN2CCCN(C(=O)CSC(C)c3nc4ccccc4[nH]3)CC2)cc1. The predicted octanol–water partition coefficient (Wildman–Crippen LogP) is 4.10. The van der Waals surface area contributed by atoms with Crippen molar-refractivity contribution in [3.05, 3.63) is 59.9 Å². The Kier molecular flexibility index (Phi) is 7.14. The average Bonchev–Trinajstić information content (AvgIpc) is 3.10. The Morgan fingerprint density at radius 1 is 1.13 bits per heavy atom. The molecule has 3 aromatic rings. The minimum absolute atomic E-state index is 0.148. The number of H-pyrrole nitrogens is 1. The van der Waals surface area contributed by atoms with Crippen molar-refractivity contribution in [2.75, 3.05) is 39.0 Å². The molecule has 31 heavy (non-hydrogen) atoms. The lowest BCUT2D eigenvalue weighted by atomic mass is 10.2. The molecular formula is C24H30N4O2S. The van der Waals surface area contributed by atoms with Crippen molar-refractivity contribution in [1.29, 1.82) is 0 Å². The first-order valence-electron chi connectivity index (χ1n) is 10.8. The maximum absolute atomic E-state index is 12.8. The highest BCUT2D eigenvalue weighted by molar-refractivity contribution is 8.00. The fraction of sp³-hybridized carbons (Fsp3) is 0.417. The topological polar surface area (TPSA) is 61.5 Å². The number of rotatable bonds is 7. The Morgan fingerprint density at radius 2 is 1.94 bits per heavy atom. The molecule has 1 fully saturated rings. The number of carbonyl (C=O) groups excluding carboxylic acids is 1. The molecular weight excluding hydrogens is 408 g/mol. The van der Waals surface area contributed by atoms with Crippen LogP contribution in [0.2, 0.25) is 0 Å². The second kappa shape index (κ2) is 10.2. The molecule has 4 rings (SSSR count). The van der Waals surface area contributed by atoms with Crippen LogP contribution in [-0.2, 0) is 11.3 Å². The summed E-state index contributed by atoms with van der Waals surface area (Å²) in [6.07, 6.45) is 1.01. The number of thioether (sulfide) groups is 1. The molecule has 164 valence electrons. The molecule has 7 heteroatoms. The van der Waals surface area contributed by atoms with Crippen molar-refractivity contribution in [2.24, 2.45) is 0 Å². The van der Waals surface area contributed by atoms with Gasteiger partial charge >= 0.3 is 0 Å². The Morgan fingerprint density at radius 3 is 2.71 bits per heavy atom. The molecule has 1 amide bonds. The number of aromatic amines is 1. The third kappa shape index (κ3) is 5.60. The standard InChI is InChI=1S/C24H30N4O2S/c1-18(24-25-21-6-3-4-7-22(21)26-24)31-17-23(29)28-13-5-12-27(14-15-28)16-19-8-10-20(30-2)11-9-19/h3-4,6-11,18H,5,12-17H2,1-2H3,(H,25,26). The van der Waals surface area contributed by atoms with E-state index in [9.17, 15) is 4.79 Å². The van der Waals surface area contributed by atoms with Crippen LogP contribution in [0.15, 0.2) is 48.5 Å². The van der Waals surface area contributed by atoms with Crippen molar-refractivity contribution in [1.82, 2.24) is 19.8 Å². The molecule has 0 spiro atoms. The van der Waals surface area contributed by atoms with Crippen LogP contribution in [0.4, 0.5) is 0 Å². The van der Waals surface area contributed by atoms with Crippen LogP contribution in [0.3, 0.4) is 0 Å². The lowest BCUT2D eigenvalue weighted by Crippen LogP contribution is -2.36. The van der Waals surface area contributed by atoms with Crippen LogP contribution >= 0.6 is 11.8 Å². The van der Waals surface area contributed by atoms with E-state index in [-0.39, 0.29) is 11.2 Å². The zero-order valence-electron chi connectivity index (χ0n) is 18.2. The van der Waals surface area contributed by atoms with Gasteiger partial charge in [-0.25, -0.2) is 4.98 Å². The summed E-state index contributed by atoms with van der Waals surface area (Å²) in [5.41, 5.74) is 3.29. The van der Waals surface area contributed by atoms with Crippen LogP contribution in [-0.4, -0.2) is 64.7 Å². The van der Waals surface area contributed by atoms with Gasteiger partial charge in [-0.15, -0.1) is 11.8 Å². The summed E-state index contributed by atoms with van der Waals surface area (Å²) in [6.45, 7) is 6.55. The summed E-state index contributed by atoms with van der Waals surface area (Å²) < 4.78 is 5.24. The second-order valence-corrected chi connectivity index (χ2v) is 9.28. The van der Waals surface area contributed by atoms with E-state index in [0.717, 1.165) is 61.8 Å². The highest BCUT2D eigenvalue weighted by Crippen LogP contribution is 2.28. The first-order valence-corrected chi connectivity index (χ1v) is 11.9. The maximum atomic E-state index is 12.8. The van der Waals surface area contributed by atoms with Crippen molar-refractivity contribution in [3.8, 4) is 5.75 Å². The molecule has 1 aliphatic rings. The molecule has 6 nitrogen and oxygen atoms in total. The number of hydrogen-bond acceptors (Lipinski definition) is 5. The van der Waals surface area contributed by atoms with Crippen molar-refractivity contribution < 1.29 is 9.53 Å². The van der Waals surface area contributed by atoms with E-state index in [1.54, 1.807) is 18.9 Å². The molecule has 1 saturated heterocycles. The summed E-state index contributed by atoms with van der Waals surface area (Å²) in [4.78, 5) is 25.3. The fourth-order valence-corrected chi connectivity index (χ4v) is 4.74. The van der Waals surface area contributed by atoms with E-state index in [0.29, 0.717) is 5.75 Å². The molecule has 1 N–H and O–H groups in total. The smallest absolute Gasteiger partial charge is 0.232 e. The van der Waals surface area contributed by atoms with Crippen molar-refractivity contribution in [2.45, 2.75) is 25.1 Å². The number of imidazole rings is 1. The van der Waals surface area contributed by atoms with E-state index < -0.39 is 0 Å². The fourth-order valence-electron chi connectivity index (χ4n) is 3.90. The molecule has 2 heterocycles. The van der Waals surface area contributed by atoms with E-state index >= 15 is 0 Å². The molecule has 0 radical (unpaired) electrons. The second-order valence-electron chi connectivity index (χ2n) is 7.95. The summed E-state index contributed by atoms with van der Waals surface area (Å²) in [7, 11) is 1.69. The van der Waals surface area contributed by atoms with Crippen molar-refractivity contribution >= 4 is 28.7 Å². The molecule has 1 aliphatic heterocycles. The third-order valence-corrected chi connectivity index (χ3v) is 6.89. The maximum Gasteiger partial charge on any atom is 0.232 e. The van der Waals surface area contributed by atoms with Crippen LogP contribution in [0.25, 0.3) is 11.0 Å². The first kappa shape index (κ1) is 21.7. The number of aromatic nitrogens is 2. The monoisotopic (exact) mass is 438 g/mol. The number of nitrogens with one attached hydrogen (secondary N) is 1. The summed E-state index contributed by atoms with van der Waals surface area (Å²) in [6, 6.07) is 16.3. The van der Waals surface area contributed by atoms with Gasteiger partial charge in [0.15, 0.2) is 0 Å². The minimum Gasteiger partial charge on any atom is -0.497 e. The van der Waals surface area contributed by atoms with Gasteiger partial charge in [0.1, 0.15) is 11.6 Å². The van der Waals surface area contributed by atoms with Gasteiger partial charge in [-0.3, -0.25) is 9.69 Å². The van der Waals surface area contributed by atoms with Gasteiger partial charge in [-0.05, 0) is 43.2 Å². The van der Waals surface area contributed by atoms with E-state index in [2.05, 4.69) is 33.9 Å². The number of para-hydroxylation sites is 2. The lowest BCUT2D eigenvalue weighted by Gasteiger charge is -2.22. The van der Waals surface area contributed by atoms with Crippen LogP contribution < -0.4 is 4.74 Å². The molecule has 0 aliphatic carbocycles. The van der Waals surface area contributed by atoms with E-state index in [1.807, 2.05) is 41.3 Å². The number of hydrogen-bond donors (Lipinski definition) is 1. The zero-order valence-corrected chi connectivity index (χ0v) is 19.0. The average molecular weight is 439 g/mol. The zero-order chi connectivity index (χ0) is 21.6. The molecule has 0 saturated carbocycles. The molecule has 1 aromatic heterocycles. The van der Waals surface area contributed by atoms with E-state index in [4.69, 9.17) is 4.74 Å². The predicted molar refractivity (Wildman–Crippen MR) is 126 cm³/mol. The van der Waals surface area contributed by atoms with Gasteiger partial charge in [0.2, 0.25) is 5.91 Å². The molecule has 1 atom stereocenters. The number of carbonyl (C=O) groups is 1. The lowest BCUT2D eigenvalue weighted by molar-refractivity contribution is -0.128. The molecule has 2 aromatic carbocycles. The number of nitrogens with zero attached hydrogens (tertiary/aromatic N) is 3. The van der Waals surface area contributed by atoms with Gasteiger partial charge in [-0.2, -0.15) is 0 Å². The Labute approximate surface area is 188 Å². The quantitative estimate of drug-likeness (QED) is 0.602. The Hall–Kier alpha value is -2.51. The van der Waals surface area contributed by atoms with Crippen LogP contribution in [0, 0.1) is 0 Å². The van der Waals surface area contributed by atoms with Gasteiger partial charge < -0.3 is 14.6 Å². The Bertz CT molecular complexity index is 971. The first-order chi connectivity index (χ1) is 15.1. The summed E-state index contributed by atoms with van der Waals surface area (Å²) >= 11 is 1.65. The van der Waals surface area contributed by atoms with Gasteiger partial charge in [0.05, 0.1) is 29.1 Å². The number of benzene rings is 2. The minimum atomic E-state index is 0.148. The summed E-state index contributed by atoms with van der Waals surface area (Å²) in [5.74, 6) is 2.52. The van der Waals surface area contributed by atoms with Gasteiger partial charge in [0.25, 0.3) is 0 Å². The Balaban J connectivity index is 1.26. The largest absolute Gasteiger partial charge is 0.497 e. The number of methoxy groups -OCH3 is 1. The highest BCUT2D eigenvalue weighted by Gasteiger charge is 2.21. The van der Waals surface area contributed by atoms with Crippen LogP contribution in [0.5, 0.6) is 5.75 Å². The molecule has 1 unspecified atom stereocenters.